The van der Waals surface area contributed by atoms with Gasteiger partial charge in [-0.25, -0.2) is 0 Å². The molecule has 0 aliphatic carbocycles. The van der Waals surface area contributed by atoms with E-state index >= 15 is 0 Å². The molecule has 0 saturated carbocycles. The van der Waals surface area contributed by atoms with Crippen LogP contribution in [-0.4, -0.2) is 6.54 Å². The summed E-state index contributed by atoms with van der Waals surface area (Å²) in [5.74, 6) is 5.09. The van der Waals surface area contributed by atoms with Crippen LogP contribution in [0.2, 0.25) is 5.02 Å². The molecule has 0 saturated heterocycles. The molecule has 3 heteroatoms. The molecule has 1 rings (SSSR count). The van der Waals surface area contributed by atoms with Gasteiger partial charge in [0.1, 0.15) is 0 Å². The molecule has 0 radical (unpaired) electrons. The second-order valence-corrected chi connectivity index (χ2v) is 2.80. The van der Waals surface area contributed by atoms with E-state index in [1.54, 1.807) is 0 Å². The van der Waals surface area contributed by atoms with Gasteiger partial charge >= 0.3 is 0 Å². The largest absolute Gasteiger partial charge is 0.271 e. The molecule has 0 aliphatic heterocycles. The molecule has 0 fully saturated rings. The molecule has 0 bridgehead atoms. The average Bonchev–Trinajstić information content (AvgIpc) is 2.09. The van der Waals surface area contributed by atoms with E-state index in [-0.39, 0.29) is 0 Å². The van der Waals surface area contributed by atoms with Crippen molar-refractivity contribution in [2.75, 3.05) is 6.54 Å². The van der Waals surface area contributed by atoms with Crippen LogP contribution in [0.4, 0.5) is 0 Å². The predicted octanol–water partition coefficient (Wildman–Crippen LogP) is 1.82. The summed E-state index contributed by atoms with van der Waals surface area (Å²) < 4.78 is 0. The summed E-state index contributed by atoms with van der Waals surface area (Å²) in [5.41, 5.74) is 3.66. The fourth-order valence-electron chi connectivity index (χ4n) is 0.837. The molecule has 0 unspecified atom stereocenters. The second kappa shape index (κ2) is 4.93. The highest BCUT2D eigenvalue weighted by atomic mass is 35.5. The first-order chi connectivity index (χ1) is 5.83. The Morgan fingerprint density at radius 2 is 2.00 bits per heavy atom. The van der Waals surface area contributed by atoms with E-state index in [1.807, 2.05) is 36.4 Å². The molecular formula is C9H11ClN2. The van der Waals surface area contributed by atoms with E-state index in [0.29, 0.717) is 6.54 Å². The standard InChI is InChI=1S/C9H11ClN2/c10-9-5-3-8(4-6-9)2-1-7-12-11/h1-6,12H,7,11H2. The SMILES string of the molecule is NNCC=Cc1ccc(Cl)cc1. The van der Waals surface area contributed by atoms with Gasteiger partial charge in [0.2, 0.25) is 0 Å². The van der Waals surface area contributed by atoms with Crippen LogP contribution in [0.3, 0.4) is 0 Å². The molecule has 2 nitrogen and oxygen atoms in total. The van der Waals surface area contributed by atoms with Gasteiger partial charge in [-0.05, 0) is 17.7 Å². The van der Waals surface area contributed by atoms with Crippen LogP contribution in [0, 0.1) is 0 Å². The Labute approximate surface area is 77.0 Å². The molecule has 0 atom stereocenters. The minimum Gasteiger partial charge on any atom is -0.271 e. The first-order valence-corrected chi connectivity index (χ1v) is 4.06. The van der Waals surface area contributed by atoms with Gasteiger partial charge in [0.05, 0.1) is 0 Å². The zero-order valence-electron chi connectivity index (χ0n) is 6.63. The number of benzene rings is 1. The second-order valence-electron chi connectivity index (χ2n) is 2.36. The van der Waals surface area contributed by atoms with Gasteiger partial charge in [0.15, 0.2) is 0 Å². The Bertz CT molecular complexity index is 254. The van der Waals surface area contributed by atoms with E-state index in [1.165, 1.54) is 0 Å². The molecule has 1 aromatic carbocycles. The molecule has 64 valence electrons. The Morgan fingerprint density at radius 3 is 2.58 bits per heavy atom. The van der Waals surface area contributed by atoms with Crippen molar-refractivity contribution in [2.24, 2.45) is 5.84 Å². The highest BCUT2D eigenvalue weighted by molar-refractivity contribution is 6.30. The van der Waals surface area contributed by atoms with E-state index in [2.05, 4.69) is 5.43 Å². The van der Waals surface area contributed by atoms with Crippen LogP contribution in [0.5, 0.6) is 0 Å². The van der Waals surface area contributed by atoms with Gasteiger partial charge in [0.25, 0.3) is 0 Å². The lowest BCUT2D eigenvalue weighted by Gasteiger charge is -1.93. The lowest BCUT2D eigenvalue weighted by molar-refractivity contribution is 0.825. The topological polar surface area (TPSA) is 38.0 Å². The van der Waals surface area contributed by atoms with Crippen LogP contribution in [0.15, 0.2) is 30.3 Å². The molecule has 0 aliphatic rings. The zero-order chi connectivity index (χ0) is 8.81. The molecule has 1 aromatic rings. The Hall–Kier alpha value is -0.830. The molecule has 0 aromatic heterocycles. The molecule has 3 N–H and O–H groups in total. The average molecular weight is 183 g/mol. The molecule has 0 heterocycles. The molecule has 0 amide bonds. The first-order valence-electron chi connectivity index (χ1n) is 3.68. The van der Waals surface area contributed by atoms with E-state index in [4.69, 9.17) is 17.4 Å². The molecule has 12 heavy (non-hydrogen) atoms. The fraction of sp³-hybridized carbons (Fsp3) is 0.111. The lowest BCUT2D eigenvalue weighted by Crippen LogP contribution is -2.21. The van der Waals surface area contributed by atoms with Gasteiger partial charge in [-0.2, -0.15) is 0 Å². The van der Waals surface area contributed by atoms with Crippen molar-refractivity contribution < 1.29 is 0 Å². The Kier molecular flexibility index (Phi) is 3.80. The third-order valence-corrected chi connectivity index (χ3v) is 1.67. The van der Waals surface area contributed by atoms with Crippen LogP contribution < -0.4 is 11.3 Å². The quantitative estimate of drug-likeness (QED) is 0.553. The third kappa shape index (κ3) is 3.05. The monoisotopic (exact) mass is 182 g/mol. The number of hydrogen-bond acceptors (Lipinski definition) is 2. The van der Waals surface area contributed by atoms with Crippen molar-refractivity contribution in [3.63, 3.8) is 0 Å². The zero-order valence-corrected chi connectivity index (χ0v) is 7.38. The number of nitrogens with one attached hydrogen (secondary N) is 1. The first kappa shape index (κ1) is 9.26. The third-order valence-electron chi connectivity index (χ3n) is 1.42. The van der Waals surface area contributed by atoms with E-state index in [9.17, 15) is 0 Å². The van der Waals surface area contributed by atoms with Gasteiger partial charge in [-0.15, -0.1) is 0 Å². The maximum absolute atomic E-state index is 5.72. The van der Waals surface area contributed by atoms with Crippen LogP contribution in [-0.2, 0) is 0 Å². The highest BCUT2D eigenvalue weighted by Gasteiger charge is 1.86. The maximum atomic E-state index is 5.72. The predicted molar refractivity (Wildman–Crippen MR) is 52.7 cm³/mol. The summed E-state index contributed by atoms with van der Waals surface area (Å²) in [6, 6.07) is 7.62. The van der Waals surface area contributed by atoms with Gasteiger partial charge in [-0.3, -0.25) is 11.3 Å². The molecule has 0 spiro atoms. The van der Waals surface area contributed by atoms with Gasteiger partial charge in [-0.1, -0.05) is 35.9 Å². The smallest absolute Gasteiger partial charge is 0.0406 e. The number of hydrazine groups is 1. The van der Waals surface area contributed by atoms with E-state index in [0.717, 1.165) is 10.6 Å². The number of nitrogens with two attached hydrogens (primary N) is 1. The Balaban J connectivity index is 2.58. The van der Waals surface area contributed by atoms with Crippen molar-refractivity contribution in [3.8, 4) is 0 Å². The maximum Gasteiger partial charge on any atom is 0.0406 e. The molecular weight excluding hydrogens is 172 g/mol. The minimum absolute atomic E-state index is 0.669. The minimum atomic E-state index is 0.669. The lowest BCUT2D eigenvalue weighted by atomic mass is 10.2. The van der Waals surface area contributed by atoms with Crippen LogP contribution in [0.25, 0.3) is 6.08 Å². The Morgan fingerprint density at radius 1 is 1.33 bits per heavy atom. The van der Waals surface area contributed by atoms with Crippen LogP contribution in [0.1, 0.15) is 5.56 Å². The number of halogens is 1. The summed E-state index contributed by atoms with van der Waals surface area (Å²) >= 11 is 5.72. The van der Waals surface area contributed by atoms with E-state index < -0.39 is 0 Å². The summed E-state index contributed by atoms with van der Waals surface area (Å²) in [6.45, 7) is 0.669. The highest BCUT2D eigenvalue weighted by Crippen LogP contribution is 2.10. The van der Waals surface area contributed by atoms with Crippen LogP contribution >= 0.6 is 11.6 Å². The van der Waals surface area contributed by atoms with Crippen molar-refractivity contribution in [3.05, 3.63) is 40.9 Å². The summed E-state index contributed by atoms with van der Waals surface area (Å²) in [5, 5.41) is 0.754. The van der Waals surface area contributed by atoms with Gasteiger partial charge in [0, 0.05) is 11.6 Å². The fourth-order valence-corrected chi connectivity index (χ4v) is 0.963. The summed E-state index contributed by atoms with van der Waals surface area (Å²) in [7, 11) is 0. The van der Waals surface area contributed by atoms with Crippen molar-refractivity contribution >= 4 is 17.7 Å². The van der Waals surface area contributed by atoms with Crippen molar-refractivity contribution in [2.45, 2.75) is 0 Å². The van der Waals surface area contributed by atoms with Crippen molar-refractivity contribution in [1.29, 1.82) is 0 Å². The van der Waals surface area contributed by atoms with Gasteiger partial charge < -0.3 is 0 Å². The number of hydrogen-bond donors (Lipinski definition) is 2. The summed E-state index contributed by atoms with van der Waals surface area (Å²) in [4.78, 5) is 0. The van der Waals surface area contributed by atoms with Crippen molar-refractivity contribution in [1.82, 2.24) is 5.43 Å². The summed E-state index contributed by atoms with van der Waals surface area (Å²) in [6.07, 6.45) is 3.93. The normalized spacial score (nSPS) is 10.8. The number of rotatable bonds is 3.